The van der Waals surface area contributed by atoms with Crippen LogP contribution in [0.2, 0.25) is 11.6 Å². The van der Waals surface area contributed by atoms with Crippen LogP contribution in [0.25, 0.3) is 0 Å². The van der Waals surface area contributed by atoms with Crippen LogP contribution in [0.1, 0.15) is 23.6 Å². The van der Waals surface area contributed by atoms with Crippen LogP contribution in [-0.2, 0) is 9.20 Å². The van der Waals surface area contributed by atoms with E-state index in [4.69, 9.17) is 3.79 Å². The minimum atomic E-state index is -1.28. The Hall–Kier alpha value is -2.27. The first-order valence-corrected chi connectivity index (χ1v) is 12.0. The van der Waals surface area contributed by atoms with Gasteiger partial charge in [-0.3, -0.25) is 0 Å². The summed E-state index contributed by atoms with van der Waals surface area (Å²) in [6.07, 6.45) is 2.14. The molecule has 0 amide bonds. The molecule has 0 aliphatic rings. The number of allylic oxidation sites excluding steroid dienone is 2. The summed E-state index contributed by atoms with van der Waals surface area (Å²) >= 11 is -1.28. The molecule has 130 valence electrons. The van der Waals surface area contributed by atoms with Crippen molar-refractivity contribution in [2.45, 2.75) is 23.9 Å². The second kappa shape index (κ2) is 8.41. The molecule has 0 bridgehead atoms. The summed E-state index contributed by atoms with van der Waals surface area (Å²) in [4.78, 5) is 0. The molecule has 2 heteroatoms. The highest BCUT2D eigenvalue weighted by molar-refractivity contribution is 6.48. The van der Waals surface area contributed by atoms with Crippen molar-refractivity contribution in [3.8, 4) is 0 Å². The SMILES string of the molecule is C/C=C(\[O][Al]([CH3])[CH3])C(c1ccccc1)(c1ccccc1)c1ccccc1. The van der Waals surface area contributed by atoms with Gasteiger partial charge in [-0.15, -0.1) is 0 Å². The number of hydrogen-bond acceptors (Lipinski definition) is 1. The molecule has 0 fully saturated rings. The highest BCUT2D eigenvalue weighted by atomic mass is 27.2. The van der Waals surface area contributed by atoms with E-state index in [1.807, 2.05) is 0 Å². The van der Waals surface area contributed by atoms with Crippen molar-refractivity contribution in [3.63, 3.8) is 0 Å². The maximum Gasteiger partial charge on any atom is 0.539 e. The maximum absolute atomic E-state index is 6.53. The zero-order valence-corrected chi connectivity index (χ0v) is 16.9. The molecule has 3 aromatic carbocycles. The first-order valence-electron chi connectivity index (χ1n) is 9.19. The first-order chi connectivity index (χ1) is 12.7. The average Bonchev–Trinajstić information content (AvgIpc) is 2.70. The minimum absolute atomic E-state index is 0.449. The van der Waals surface area contributed by atoms with Gasteiger partial charge in [-0.2, -0.15) is 0 Å². The zero-order chi connectivity index (χ0) is 18.4. The van der Waals surface area contributed by atoms with Crippen molar-refractivity contribution >= 4 is 14.5 Å². The van der Waals surface area contributed by atoms with E-state index in [0.717, 1.165) is 5.76 Å². The number of rotatable bonds is 6. The molecular formula is C24H25AlO. The summed E-state index contributed by atoms with van der Waals surface area (Å²) in [6, 6.07) is 32.1. The van der Waals surface area contributed by atoms with Gasteiger partial charge in [0.1, 0.15) is 0 Å². The van der Waals surface area contributed by atoms with E-state index in [1.165, 1.54) is 16.7 Å². The summed E-state index contributed by atoms with van der Waals surface area (Å²) in [5.74, 6) is 5.45. The molecule has 1 nitrogen and oxygen atoms in total. The molecule has 0 saturated carbocycles. The Bertz CT molecular complexity index is 742. The van der Waals surface area contributed by atoms with Gasteiger partial charge in [0.15, 0.2) is 0 Å². The van der Waals surface area contributed by atoms with Crippen molar-refractivity contribution in [1.29, 1.82) is 0 Å². The van der Waals surface area contributed by atoms with Crippen LogP contribution in [0.3, 0.4) is 0 Å². The van der Waals surface area contributed by atoms with Crippen LogP contribution in [-0.4, -0.2) is 14.5 Å². The Kier molecular flexibility index (Phi) is 5.99. The van der Waals surface area contributed by atoms with E-state index in [-0.39, 0.29) is 0 Å². The van der Waals surface area contributed by atoms with Gasteiger partial charge in [0.2, 0.25) is 0 Å². The molecule has 0 saturated heterocycles. The summed E-state index contributed by atoms with van der Waals surface area (Å²) in [5.41, 5.74) is 3.22. The Morgan fingerprint density at radius 1 is 0.692 bits per heavy atom. The maximum atomic E-state index is 6.53. The molecular weight excluding hydrogens is 331 g/mol. The van der Waals surface area contributed by atoms with Crippen LogP contribution in [0, 0.1) is 0 Å². The van der Waals surface area contributed by atoms with E-state index in [1.54, 1.807) is 0 Å². The zero-order valence-electron chi connectivity index (χ0n) is 15.7. The van der Waals surface area contributed by atoms with E-state index in [9.17, 15) is 0 Å². The van der Waals surface area contributed by atoms with Gasteiger partial charge < -0.3 is 3.79 Å². The molecule has 3 rings (SSSR count). The minimum Gasteiger partial charge on any atom is -0.645 e. The summed E-state index contributed by atoms with van der Waals surface area (Å²) in [6.45, 7) is 2.08. The molecule has 26 heavy (non-hydrogen) atoms. The molecule has 0 radical (unpaired) electrons. The van der Waals surface area contributed by atoms with Crippen molar-refractivity contribution < 1.29 is 3.79 Å². The van der Waals surface area contributed by atoms with E-state index in [0.29, 0.717) is 0 Å². The smallest absolute Gasteiger partial charge is 0.539 e. The fourth-order valence-electron chi connectivity index (χ4n) is 3.62. The quantitative estimate of drug-likeness (QED) is 0.291. The van der Waals surface area contributed by atoms with Crippen molar-refractivity contribution in [3.05, 3.63) is 120 Å². The third kappa shape index (κ3) is 3.49. The monoisotopic (exact) mass is 356 g/mol. The molecule has 0 unspecified atom stereocenters. The third-order valence-electron chi connectivity index (χ3n) is 4.61. The number of benzene rings is 3. The Morgan fingerprint density at radius 2 is 1.04 bits per heavy atom. The van der Waals surface area contributed by atoms with Crippen LogP contribution in [0.4, 0.5) is 0 Å². The van der Waals surface area contributed by atoms with Gasteiger partial charge in [-0.1, -0.05) is 109 Å². The fraction of sp³-hybridized carbons (Fsp3) is 0.167. The van der Waals surface area contributed by atoms with Crippen molar-refractivity contribution in [1.82, 2.24) is 0 Å². The molecule has 0 aliphatic carbocycles. The summed E-state index contributed by atoms with van der Waals surface area (Å²) < 4.78 is 6.53. The van der Waals surface area contributed by atoms with Gasteiger partial charge >= 0.3 is 14.5 Å². The lowest BCUT2D eigenvalue weighted by molar-refractivity contribution is 0.371. The lowest BCUT2D eigenvalue weighted by Crippen LogP contribution is -2.34. The van der Waals surface area contributed by atoms with Crippen LogP contribution in [0.15, 0.2) is 103 Å². The van der Waals surface area contributed by atoms with Gasteiger partial charge in [0, 0.05) is 0 Å². The standard InChI is InChI=1S/C22H20O.2CH3.Al/c1-2-21(23)22(18-12-6-3-7-13-18,19-14-8-4-9-15-19)20-16-10-5-11-17-20;;;/h2-17,23H,1H3;2*1H3;/q;;;+1/p-1/b21-2-;;;. The van der Waals surface area contributed by atoms with Gasteiger partial charge in [-0.25, -0.2) is 0 Å². The molecule has 0 spiro atoms. The predicted octanol–water partition coefficient (Wildman–Crippen LogP) is 6.19. The Morgan fingerprint density at radius 3 is 1.31 bits per heavy atom. The fourth-order valence-corrected chi connectivity index (χ4v) is 4.44. The molecule has 0 aromatic heterocycles. The summed E-state index contributed by atoms with van der Waals surface area (Å²) in [7, 11) is 0. The van der Waals surface area contributed by atoms with Crippen molar-refractivity contribution in [2.75, 3.05) is 0 Å². The highest BCUT2D eigenvalue weighted by Gasteiger charge is 2.41. The predicted molar refractivity (Wildman–Crippen MR) is 112 cm³/mol. The summed E-state index contributed by atoms with van der Waals surface area (Å²) in [5, 5.41) is 0. The lowest BCUT2D eigenvalue weighted by atomic mass is 9.68. The third-order valence-corrected chi connectivity index (χ3v) is 5.34. The molecule has 0 heterocycles. The van der Waals surface area contributed by atoms with E-state index >= 15 is 0 Å². The average molecular weight is 356 g/mol. The van der Waals surface area contributed by atoms with Crippen molar-refractivity contribution in [2.24, 2.45) is 0 Å². The number of hydrogen-bond donors (Lipinski definition) is 0. The van der Waals surface area contributed by atoms with E-state index < -0.39 is 19.9 Å². The van der Waals surface area contributed by atoms with Gasteiger partial charge in [0.25, 0.3) is 0 Å². The molecule has 3 aromatic rings. The highest BCUT2D eigenvalue weighted by Crippen LogP contribution is 2.45. The van der Waals surface area contributed by atoms with Crippen LogP contribution < -0.4 is 0 Å². The Balaban J connectivity index is 2.39. The largest absolute Gasteiger partial charge is 0.645 e. The van der Waals surface area contributed by atoms with Crippen LogP contribution >= 0.6 is 0 Å². The molecule has 0 N–H and O–H groups in total. The second-order valence-corrected chi connectivity index (χ2v) is 9.00. The Labute approximate surface area is 161 Å². The first kappa shape index (κ1) is 18.5. The second-order valence-electron chi connectivity index (χ2n) is 6.67. The van der Waals surface area contributed by atoms with E-state index in [2.05, 4.69) is 116 Å². The lowest BCUT2D eigenvalue weighted by Gasteiger charge is -2.39. The molecule has 0 atom stereocenters. The van der Waals surface area contributed by atoms with Gasteiger partial charge in [0.05, 0.1) is 11.2 Å². The molecule has 0 aliphatic heterocycles. The van der Waals surface area contributed by atoms with Gasteiger partial charge in [-0.05, 0) is 23.6 Å². The topological polar surface area (TPSA) is 9.23 Å². The normalized spacial score (nSPS) is 11.9. The van der Waals surface area contributed by atoms with Crippen LogP contribution in [0.5, 0.6) is 0 Å².